The van der Waals surface area contributed by atoms with Gasteiger partial charge in [-0.2, -0.15) is 0 Å². The van der Waals surface area contributed by atoms with Gasteiger partial charge >= 0.3 is 0 Å². The molecule has 142 valence electrons. The smallest absolute Gasteiger partial charge is 0.119 e. The molecule has 5 heteroatoms. The summed E-state index contributed by atoms with van der Waals surface area (Å²) in [6.07, 6.45) is 5.74. The highest BCUT2D eigenvalue weighted by atomic mass is 16.5. The molecule has 0 amide bonds. The van der Waals surface area contributed by atoms with Crippen LogP contribution in [0.1, 0.15) is 18.0 Å². The van der Waals surface area contributed by atoms with Gasteiger partial charge in [-0.15, -0.1) is 0 Å². The van der Waals surface area contributed by atoms with Crippen molar-refractivity contribution in [3.63, 3.8) is 0 Å². The monoisotopic (exact) mass is 374 g/mol. The third-order valence-corrected chi connectivity index (χ3v) is 4.75. The van der Waals surface area contributed by atoms with Crippen LogP contribution in [0.3, 0.4) is 0 Å². The zero-order valence-electron chi connectivity index (χ0n) is 15.4. The standard InChI is InChI=1S/C23H22N2O3/c26-15-20(27)16-28-21-12-10-19(11-13-21)25-22(17-6-2-1-3-7-17)14-23(25)24-18-8-4-5-9-18/h1-8,10-13,20,22,26-27H,14-16H2/b24-23+. The minimum Gasteiger partial charge on any atom is -0.491 e. The lowest BCUT2D eigenvalue weighted by Crippen LogP contribution is -2.46. The number of hydrogen-bond acceptors (Lipinski definition) is 4. The highest BCUT2D eigenvalue weighted by Crippen LogP contribution is 2.40. The minimum atomic E-state index is -0.878. The predicted octanol–water partition coefficient (Wildman–Crippen LogP) is 3.38. The molecule has 0 radical (unpaired) electrons. The third-order valence-electron chi connectivity index (χ3n) is 4.75. The molecule has 2 atom stereocenters. The maximum atomic E-state index is 9.43. The molecule has 0 spiro atoms. The first kappa shape index (κ1) is 18.3. The number of aliphatic imine (C=N–C) groups is 1. The summed E-state index contributed by atoms with van der Waals surface area (Å²) < 4.78 is 5.50. The number of amidine groups is 1. The highest BCUT2D eigenvalue weighted by molar-refractivity contribution is 6.05. The van der Waals surface area contributed by atoms with Crippen molar-refractivity contribution in [3.8, 4) is 5.75 Å². The van der Waals surface area contributed by atoms with Crippen molar-refractivity contribution in [1.82, 2.24) is 0 Å². The zero-order chi connectivity index (χ0) is 19.3. The first-order chi connectivity index (χ1) is 13.7. The van der Waals surface area contributed by atoms with E-state index < -0.39 is 6.10 Å². The first-order valence-corrected chi connectivity index (χ1v) is 9.31. The lowest BCUT2D eigenvalue weighted by atomic mass is 9.92. The van der Waals surface area contributed by atoms with Gasteiger partial charge in [0.1, 0.15) is 30.0 Å². The van der Waals surface area contributed by atoms with Gasteiger partial charge < -0.3 is 19.8 Å². The minimum absolute atomic E-state index is 0.0612. The van der Waals surface area contributed by atoms with Crippen molar-refractivity contribution < 1.29 is 14.9 Å². The predicted molar refractivity (Wildman–Crippen MR) is 109 cm³/mol. The summed E-state index contributed by atoms with van der Waals surface area (Å²) in [5.41, 5.74) is 6.24. The molecule has 2 unspecified atom stereocenters. The van der Waals surface area contributed by atoms with Crippen molar-refractivity contribution in [1.29, 1.82) is 0 Å². The number of ether oxygens (including phenoxy) is 1. The number of aliphatic hydroxyl groups excluding tert-OH is 2. The van der Waals surface area contributed by atoms with Crippen molar-refractivity contribution in [2.75, 3.05) is 18.1 Å². The molecular weight excluding hydrogens is 352 g/mol. The zero-order valence-corrected chi connectivity index (χ0v) is 15.4. The van der Waals surface area contributed by atoms with Crippen molar-refractivity contribution in [3.05, 3.63) is 89.8 Å². The second-order valence-corrected chi connectivity index (χ2v) is 6.73. The van der Waals surface area contributed by atoms with Crippen LogP contribution in [-0.4, -0.2) is 35.4 Å². The largest absolute Gasteiger partial charge is 0.491 e. The summed E-state index contributed by atoms with van der Waals surface area (Å²) in [4.78, 5) is 6.97. The van der Waals surface area contributed by atoms with Gasteiger partial charge in [-0.1, -0.05) is 42.1 Å². The fraction of sp³-hybridized carbons (Fsp3) is 0.217. The Kier molecular flexibility index (Phi) is 5.40. The molecule has 2 N–H and O–H groups in total. The summed E-state index contributed by atoms with van der Waals surface area (Å²) in [7, 11) is 0. The Balaban J connectivity index is 1.57. The van der Waals surface area contributed by atoms with Crippen molar-refractivity contribution >= 4 is 11.5 Å². The number of anilines is 1. The molecule has 0 aromatic heterocycles. The van der Waals surface area contributed by atoms with E-state index >= 15 is 0 Å². The second-order valence-electron chi connectivity index (χ2n) is 6.73. The van der Waals surface area contributed by atoms with Crippen molar-refractivity contribution in [2.45, 2.75) is 18.6 Å². The number of rotatable bonds is 7. The Morgan fingerprint density at radius 3 is 2.61 bits per heavy atom. The second kappa shape index (κ2) is 8.28. The number of nitrogens with zero attached hydrogens (tertiary/aromatic N) is 2. The van der Waals surface area contributed by atoms with Gasteiger partial charge in [0.2, 0.25) is 0 Å². The molecule has 0 saturated carbocycles. The number of hydrogen-bond donors (Lipinski definition) is 2. The van der Waals surface area contributed by atoms with Crippen LogP contribution in [0.15, 0.2) is 89.2 Å². The Bertz CT molecular complexity index is 942. The first-order valence-electron chi connectivity index (χ1n) is 9.31. The van der Waals surface area contributed by atoms with Crippen molar-refractivity contribution in [2.24, 2.45) is 4.99 Å². The van der Waals surface area contributed by atoms with E-state index in [1.807, 2.05) is 48.6 Å². The van der Waals surface area contributed by atoms with E-state index in [1.54, 1.807) is 0 Å². The quantitative estimate of drug-likeness (QED) is 0.730. The molecule has 1 heterocycles. The van der Waals surface area contributed by atoms with E-state index in [0.717, 1.165) is 23.6 Å². The van der Waals surface area contributed by atoms with E-state index in [0.29, 0.717) is 5.75 Å². The number of aliphatic hydroxyl groups is 2. The van der Waals surface area contributed by atoms with Crippen LogP contribution in [0.4, 0.5) is 5.69 Å². The summed E-state index contributed by atoms with van der Waals surface area (Å²) in [5.74, 6) is 1.65. The van der Waals surface area contributed by atoms with Crippen LogP contribution in [0, 0.1) is 0 Å². The third kappa shape index (κ3) is 3.92. The Morgan fingerprint density at radius 2 is 1.93 bits per heavy atom. The molecule has 1 aliphatic heterocycles. The molecular formula is C23H22N2O3. The van der Waals surface area contributed by atoms with Crippen LogP contribution in [-0.2, 0) is 0 Å². The van der Waals surface area contributed by atoms with Gasteiger partial charge in [-0.3, -0.25) is 0 Å². The number of benzene rings is 2. The average Bonchev–Trinajstić information content (AvgIpc) is 3.24. The molecule has 28 heavy (non-hydrogen) atoms. The lowest BCUT2D eigenvalue weighted by Gasteiger charge is -2.44. The van der Waals surface area contributed by atoms with Gasteiger partial charge in [-0.05, 0) is 42.0 Å². The van der Waals surface area contributed by atoms with Crippen LogP contribution < -0.4 is 9.64 Å². The molecule has 2 aromatic rings. The fourth-order valence-electron chi connectivity index (χ4n) is 3.28. The maximum absolute atomic E-state index is 9.43. The summed E-state index contributed by atoms with van der Waals surface area (Å²) in [5, 5.41) is 18.3. The normalized spacial score (nSPS) is 20.2. The Labute approximate surface area is 164 Å². The molecule has 0 bridgehead atoms. The van der Waals surface area contributed by atoms with Gasteiger partial charge in [0.05, 0.1) is 12.6 Å². The molecule has 4 rings (SSSR count). The van der Waals surface area contributed by atoms with E-state index in [9.17, 15) is 5.11 Å². The Hall–Kier alpha value is -3.11. The van der Waals surface area contributed by atoms with Gasteiger partial charge in [0.25, 0.3) is 0 Å². The van der Waals surface area contributed by atoms with E-state index in [-0.39, 0.29) is 19.3 Å². The molecule has 1 fully saturated rings. The summed E-state index contributed by atoms with van der Waals surface area (Å²) >= 11 is 0. The Morgan fingerprint density at radius 1 is 1.14 bits per heavy atom. The van der Waals surface area contributed by atoms with Gasteiger partial charge in [0.15, 0.2) is 0 Å². The van der Waals surface area contributed by atoms with Crippen LogP contribution in [0.25, 0.3) is 0 Å². The van der Waals surface area contributed by atoms with E-state index in [1.165, 1.54) is 5.56 Å². The molecule has 1 aliphatic carbocycles. The van der Waals surface area contributed by atoms with Crippen LogP contribution in [0.2, 0.25) is 0 Å². The maximum Gasteiger partial charge on any atom is 0.119 e. The highest BCUT2D eigenvalue weighted by Gasteiger charge is 2.36. The SMILES string of the molecule is OCC(O)COc1ccc(N2/C(=N/C3=C=CC=C3)CC2c2ccccc2)cc1. The van der Waals surface area contributed by atoms with Crippen LogP contribution >= 0.6 is 0 Å². The van der Waals surface area contributed by atoms with Gasteiger partial charge in [-0.25, -0.2) is 4.99 Å². The van der Waals surface area contributed by atoms with Gasteiger partial charge in [0, 0.05) is 12.1 Å². The topological polar surface area (TPSA) is 65.3 Å². The summed E-state index contributed by atoms with van der Waals surface area (Å²) in [6.45, 7) is -0.255. The lowest BCUT2D eigenvalue weighted by molar-refractivity contribution is 0.0536. The molecule has 2 aliphatic rings. The molecule has 2 aromatic carbocycles. The van der Waals surface area contributed by atoms with E-state index in [2.05, 4.69) is 34.9 Å². The number of allylic oxidation sites excluding steroid dienone is 2. The summed E-state index contributed by atoms with van der Waals surface area (Å²) in [6, 6.07) is 18.3. The average molecular weight is 374 g/mol. The molecule has 1 saturated heterocycles. The van der Waals surface area contributed by atoms with Crippen LogP contribution in [0.5, 0.6) is 5.75 Å². The van der Waals surface area contributed by atoms with E-state index in [4.69, 9.17) is 14.8 Å². The fourth-order valence-corrected chi connectivity index (χ4v) is 3.28. The molecule has 5 nitrogen and oxygen atoms in total.